The molecule has 0 aliphatic heterocycles. The average molecular weight is 433 g/mol. The van der Waals surface area contributed by atoms with Gasteiger partial charge in [-0.15, -0.1) is 0 Å². The molecule has 10 heteroatoms. The van der Waals surface area contributed by atoms with Crippen molar-refractivity contribution in [1.82, 2.24) is 15.2 Å². The minimum Gasteiger partial charge on any atom is -0.379 e. The van der Waals surface area contributed by atoms with Gasteiger partial charge >= 0.3 is 10.1 Å². The van der Waals surface area contributed by atoms with Crippen LogP contribution in [0.25, 0.3) is 0 Å². The largest absolute Gasteiger partial charge is 0.379 e. The van der Waals surface area contributed by atoms with E-state index in [4.69, 9.17) is 15.8 Å². The van der Waals surface area contributed by atoms with E-state index in [9.17, 15) is 13.2 Å². The maximum Gasteiger partial charge on any atom is 0.339 e. The number of nitrogens with one attached hydrogen (secondary N) is 1. The normalized spacial score (nSPS) is 11.6. The lowest BCUT2D eigenvalue weighted by molar-refractivity contribution is 0.0946. The van der Waals surface area contributed by atoms with E-state index in [2.05, 4.69) is 15.6 Å². The lowest BCUT2D eigenvalue weighted by Gasteiger charge is -2.07. The molecule has 8 nitrogen and oxygen atoms in total. The molecule has 29 heavy (non-hydrogen) atoms. The minimum atomic E-state index is -3.92. The molecule has 0 fully saturated rings. The zero-order chi connectivity index (χ0) is 21.0. The number of nitrogens with zero attached hydrogens (tertiary/aromatic N) is 3. The van der Waals surface area contributed by atoms with Gasteiger partial charge in [0.25, 0.3) is 5.91 Å². The third kappa shape index (κ3) is 5.01. The number of rotatable bonds is 6. The smallest absolute Gasteiger partial charge is 0.339 e. The molecular weight excluding hydrogens is 416 g/mol. The van der Waals surface area contributed by atoms with E-state index in [0.29, 0.717) is 5.56 Å². The lowest BCUT2D eigenvalue weighted by atomic mass is 10.2. The molecule has 0 atom stereocenters. The Bertz CT molecular complexity index is 1130. The Morgan fingerprint density at radius 1 is 1.17 bits per heavy atom. The van der Waals surface area contributed by atoms with E-state index in [1.165, 1.54) is 41.4 Å². The number of aryl methyl sites for hydroxylation is 2. The summed E-state index contributed by atoms with van der Waals surface area (Å²) in [5, 5.41) is 7.95. The number of hydrazone groups is 1. The standard InChI is InChI=1S/C19H17ClN4O4S/c1-13-3-9-16(10-4-13)29(26,27)28-15-7-5-14(6-8-15)11-21-23-19(25)18-17(20)12-22-24(18)2/h3-12H,1-2H3,(H,23,25). The van der Waals surface area contributed by atoms with Crippen molar-refractivity contribution in [2.45, 2.75) is 11.8 Å². The Morgan fingerprint density at radius 2 is 1.83 bits per heavy atom. The Labute approximate surface area is 172 Å². The van der Waals surface area contributed by atoms with Crippen LogP contribution in [-0.4, -0.2) is 30.3 Å². The van der Waals surface area contributed by atoms with Crippen molar-refractivity contribution in [3.05, 3.63) is 76.6 Å². The summed E-state index contributed by atoms with van der Waals surface area (Å²) >= 11 is 5.90. The van der Waals surface area contributed by atoms with Gasteiger partial charge in [0.15, 0.2) is 0 Å². The maximum absolute atomic E-state index is 12.3. The molecule has 0 saturated carbocycles. The van der Waals surface area contributed by atoms with Crippen LogP contribution in [0.15, 0.2) is 64.7 Å². The Kier molecular flexibility index (Phi) is 6.00. The van der Waals surface area contributed by atoms with Crippen molar-refractivity contribution in [3.63, 3.8) is 0 Å². The molecule has 3 rings (SSSR count). The highest BCUT2D eigenvalue weighted by Crippen LogP contribution is 2.19. The number of halogens is 1. The fourth-order valence-corrected chi connectivity index (χ4v) is 3.56. The summed E-state index contributed by atoms with van der Waals surface area (Å²) in [5.41, 5.74) is 4.12. The third-order valence-corrected chi connectivity index (χ3v) is 5.42. The number of hydrogen-bond acceptors (Lipinski definition) is 6. The minimum absolute atomic E-state index is 0.0743. The zero-order valence-electron chi connectivity index (χ0n) is 15.5. The van der Waals surface area contributed by atoms with Crippen LogP contribution in [-0.2, 0) is 17.2 Å². The predicted molar refractivity (Wildman–Crippen MR) is 109 cm³/mol. The van der Waals surface area contributed by atoms with Crippen molar-refractivity contribution in [1.29, 1.82) is 0 Å². The summed E-state index contributed by atoms with van der Waals surface area (Å²) in [6, 6.07) is 12.6. The molecular formula is C19H17ClN4O4S. The highest BCUT2D eigenvalue weighted by Gasteiger charge is 2.16. The summed E-state index contributed by atoms with van der Waals surface area (Å²) in [5.74, 6) is -0.344. The summed E-state index contributed by atoms with van der Waals surface area (Å²) in [7, 11) is -2.32. The van der Waals surface area contributed by atoms with Gasteiger partial charge in [-0.2, -0.15) is 18.6 Å². The van der Waals surface area contributed by atoms with E-state index >= 15 is 0 Å². The van der Waals surface area contributed by atoms with Crippen molar-refractivity contribution < 1.29 is 17.4 Å². The third-order valence-electron chi connectivity index (χ3n) is 3.88. The molecule has 1 N–H and O–H groups in total. The first-order chi connectivity index (χ1) is 13.8. The fourth-order valence-electron chi connectivity index (χ4n) is 2.37. The van der Waals surface area contributed by atoms with Crippen LogP contribution < -0.4 is 9.61 Å². The Balaban J connectivity index is 1.63. The molecule has 0 spiro atoms. The molecule has 2 aromatic carbocycles. The second kappa shape index (κ2) is 8.46. The van der Waals surface area contributed by atoms with Crippen LogP contribution in [0, 0.1) is 6.92 Å². The quantitative estimate of drug-likeness (QED) is 0.366. The van der Waals surface area contributed by atoms with Gasteiger partial charge in [0.05, 0.1) is 17.4 Å². The van der Waals surface area contributed by atoms with E-state index in [1.54, 1.807) is 31.3 Å². The van der Waals surface area contributed by atoms with E-state index in [-0.39, 0.29) is 21.4 Å². The van der Waals surface area contributed by atoms with Gasteiger partial charge < -0.3 is 4.18 Å². The molecule has 0 radical (unpaired) electrons. The van der Waals surface area contributed by atoms with Crippen LogP contribution in [0.1, 0.15) is 21.6 Å². The van der Waals surface area contributed by atoms with Crippen molar-refractivity contribution in [2.75, 3.05) is 0 Å². The maximum atomic E-state index is 12.3. The van der Waals surface area contributed by atoms with E-state index in [1.807, 2.05) is 6.92 Å². The molecule has 0 aliphatic carbocycles. The molecule has 150 valence electrons. The van der Waals surface area contributed by atoms with Gasteiger partial charge in [0, 0.05) is 7.05 Å². The second-order valence-electron chi connectivity index (χ2n) is 6.08. The lowest BCUT2D eigenvalue weighted by Crippen LogP contribution is -2.21. The first-order valence-electron chi connectivity index (χ1n) is 8.38. The molecule has 1 amide bonds. The van der Waals surface area contributed by atoms with Gasteiger partial charge in [-0.1, -0.05) is 29.3 Å². The topological polar surface area (TPSA) is 103 Å². The van der Waals surface area contributed by atoms with E-state index in [0.717, 1.165) is 5.56 Å². The van der Waals surface area contributed by atoms with Crippen LogP contribution >= 0.6 is 11.6 Å². The molecule has 3 aromatic rings. The molecule has 0 unspecified atom stereocenters. The van der Waals surface area contributed by atoms with E-state index < -0.39 is 16.0 Å². The molecule has 1 aromatic heterocycles. The molecule has 1 heterocycles. The SMILES string of the molecule is Cc1ccc(S(=O)(=O)Oc2ccc(C=NNC(=O)c3c(Cl)cnn3C)cc2)cc1. The van der Waals surface area contributed by atoms with Crippen molar-refractivity contribution >= 4 is 33.8 Å². The summed E-state index contributed by atoms with van der Waals surface area (Å²) < 4.78 is 31.1. The van der Waals surface area contributed by atoms with Crippen molar-refractivity contribution in [2.24, 2.45) is 12.1 Å². The number of aromatic nitrogens is 2. The number of benzene rings is 2. The average Bonchev–Trinajstić information content (AvgIpc) is 3.01. The fraction of sp³-hybridized carbons (Fsp3) is 0.105. The van der Waals surface area contributed by atoms with Gasteiger partial charge in [-0.05, 0) is 48.9 Å². The summed E-state index contributed by atoms with van der Waals surface area (Å²) in [4.78, 5) is 12.1. The number of carbonyl (C=O) groups is 1. The summed E-state index contributed by atoms with van der Waals surface area (Å²) in [6.45, 7) is 1.87. The number of amides is 1. The van der Waals surface area contributed by atoms with Gasteiger partial charge in [0.2, 0.25) is 0 Å². The summed E-state index contributed by atoms with van der Waals surface area (Å²) in [6.07, 6.45) is 2.77. The van der Waals surface area contributed by atoms with Crippen LogP contribution in [0.4, 0.5) is 0 Å². The van der Waals surface area contributed by atoms with Gasteiger partial charge in [-0.3, -0.25) is 9.48 Å². The highest BCUT2D eigenvalue weighted by atomic mass is 35.5. The Morgan fingerprint density at radius 3 is 2.41 bits per heavy atom. The molecule has 0 bridgehead atoms. The highest BCUT2D eigenvalue weighted by molar-refractivity contribution is 7.87. The van der Waals surface area contributed by atoms with Gasteiger partial charge in [-0.25, -0.2) is 5.43 Å². The first kappa shape index (κ1) is 20.6. The number of hydrogen-bond donors (Lipinski definition) is 1. The molecule has 0 aliphatic rings. The zero-order valence-corrected chi connectivity index (χ0v) is 17.1. The number of carbonyl (C=O) groups excluding carboxylic acids is 1. The first-order valence-corrected chi connectivity index (χ1v) is 10.2. The Hall–Kier alpha value is -3.17. The predicted octanol–water partition coefficient (Wildman–Crippen LogP) is 2.91. The van der Waals surface area contributed by atoms with Gasteiger partial charge in [0.1, 0.15) is 16.3 Å². The molecule has 0 saturated heterocycles. The second-order valence-corrected chi connectivity index (χ2v) is 8.04. The van der Waals surface area contributed by atoms with Crippen LogP contribution in [0.2, 0.25) is 5.02 Å². The van der Waals surface area contributed by atoms with Crippen LogP contribution in [0.5, 0.6) is 5.75 Å². The monoisotopic (exact) mass is 432 g/mol. The van der Waals surface area contributed by atoms with Crippen LogP contribution in [0.3, 0.4) is 0 Å². The van der Waals surface area contributed by atoms with Crippen molar-refractivity contribution in [3.8, 4) is 5.75 Å².